The van der Waals surface area contributed by atoms with Gasteiger partial charge in [0.15, 0.2) is 0 Å². The Morgan fingerprint density at radius 3 is 2.68 bits per heavy atom. The van der Waals surface area contributed by atoms with E-state index in [-0.39, 0.29) is 5.91 Å². The van der Waals surface area contributed by atoms with E-state index in [0.717, 1.165) is 23.3 Å². The summed E-state index contributed by atoms with van der Waals surface area (Å²) in [5, 5.41) is 5.41. The molecule has 1 aromatic rings. The van der Waals surface area contributed by atoms with Gasteiger partial charge in [-0.25, -0.2) is 0 Å². The van der Waals surface area contributed by atoms with Crippen molar-refractivity contribution in [3.63, 3.8) is 0 Å². The van der Waals surface area contributed by atoms with E-state index < -0.39 is 29.8 Å². The molecule has 1 fully saturated rings. The van der Waals surface area contributed by atoms with Gasteiger partial charge in [-0.2, -0.15) is 0 Å². The summed E-state index contributed by atoms with van der Waals surface area (Å²) in [6.45, 7) is 3.93. The summed E-state index contributed by atoms with van der Waals surface area (Å²) >= 11 is 0. The van der Waals surface area contributed by atoms with Crippen LogP contribution in [0.25, 0.3) is 0 Å². The van der Waals surface area contributed by atoms with Gasteiger partial charge in [-0.3, -0.25) is 24.1 Å². The third kappa shape index (κ3) is 3.14. The Morgan fingerprint density at radius 1 is 1.20 bits per heavy atom. The van der Waals surface area contributed by atoms with E-state index in [4.69, 9.17) is 0 Å². The van der Waals surface area contributed by atoms with Crippen molar-refractivity contribution in [1.82, 2.24) is 15.5 Å². The highest BCUT2D eigenvalue weighted by atomic mass is 16.2. The molecule has 132 valence electrons. The second kappa shape index (κ2) is 6.66. The molecule has 1 aromatic carbocycles. The minimum absolute atomic E-state index is 0.226. The number of benzene rings is 1. The highest BCUT2D eigenvalue weighted by Crippen LogP contribution is 2.25. The fourth-order valence-electron chi connectivity index (χ4n) is 3.21. The van der Waals surface area contributed by atoms with Crippen molar-refractivity contribution in [2.45, 2.75) is 45.2 Å². The first-order valence-corrected chi connectivity index (χ1v) is 8.47. The predicted octanol–water partition coefficient (Wildman–Crippen LogP) is 0.764. The van der Waals surface area contributed by atoms with Gasteiger partial charge in [-0.05, 0) is 45.2 Å². The SMILES string of the molecule is Cc1ccc2c(c1)C(=O)N([C@@H](C)C(=O)N[C@@H]1CCCCNC1=O)C2=O. The number of nitrogens with zero attached hydrogens (tertiary/aromatic N) is 1. The highest BCUT2D eigenvalue weighted by molar-refractivity contribution is 6.23. The Labute approximate surface area is 145 Å². The Balaban J connectivity index is 1.75. The van der Waals surface area contributed by atoms with Crippen LogP contribution >= 0.6 is 0 Å². The second-order valence-electron chi connectivity index (χ2n) is 6.55. The maximum Gasteiger partial charge on any atom is 0.262 e. The number of imide groups is 1. The first-order chi connectivity index (χ1) is 11.9. The molecule has 2 aliphatic rings. The number of amides is 4. The molecule has 0 aliphatic carbocycles. The van der Waals surface area contributed by atoms with E-state index in [1.165, 1.54) is 6.92 Å². The van der Waals surface area contributed by atoms with Gasteiger partial charge in [-0.15, -0.1) is 0 Å². The zero-order valence-corrected chi connectivity index (χ0v) is 14.3. The lowest BCUT2D eigenvalue weighted by atomic mass is 10.1. The monoisotopic (exact) mass is 343 g/mol. The van der Waals surface area contributed by atoms with Crippen LogP contribution in [0.15, 0.2) is 18.2 Å². The number of hydrogen-bond donors (Lipinski definition) is 2. The third-order valence-electron chi connectivity index (χ3n) is 4.69. The van der Waals surface area contributed by atoms with E-state index in [0.29, 0.717) is 24.1 Å². The van der Waals surface area contributed by atoms with Gasteiger partial charge in [0, 0.05) is 6.54 Å². The Bertz CT molecular complexity index is 759. The van der Waals surface area contributed by atoms with Gasteiger partial charge >= 0.3 is 0 Å². The molecule has 0 saturated carbocycles. The van der Waals surface area contributed by atoms with Crippen LogP contribution in [0.2, 0.25) is 0 Å². The number of rotatable bonds is 3. The number of carbonyl (C=O) groups is 4. The summed E-state index contributed by atoms with van der Waals surface area (Å²) < 4.78 is 0. The van der Waals surface area contributed by atoms with Crippen molar-refractivity contribution in [1.29, 1.82) is 0 Å². The Hall–Kier alpha value is -2.70. The van der Waals surface area contributed by atoms with E-state index in [1.54, 1.807) is 18.2 Å². The van der Waals surface area contributed by atoms with E-state index in [9.17, 15) is 19.2 Å². The van der Waals surface area contributed by atoms with Crippen molar-refractivity contribution in [3.8, 4) is 0 Å². The topological polar surface area (TPSA) is 95.6 Å². The molecule has 7 nitrogen and oxygen atoms in total. The predicted molar refractivity (Wildman–Crippen MR) is 89.9 cm³/mol. The summed E-state index contributed by atoms with van der Waals surface area (Å²) in [5.74, 6) is -1.69. The molecule has 4 amide bonds. The molecule has 3 rings (SSSR count). The molecule has 0 spiro atoms. The molecule has 1 saturated heterocycles. The molecule has 2 N–H and O–H groups in total. The van der Waals surface area contributed by atoms with Gasteiger partial charge in [0.2, 0.25) is 11.8 Å². The van der Waals surface area contributed by atoms with Crippen molar-refractivity contribution in [2.24, 2.45) is 0 Å². The van der Waals surface area contributed by atoms with Crippen molar-refractivity contribution < 1.29 is 19.2 Å². The average Bonchev–Trinajstić information content (AvgIpc) is 2.71. The van der Waals surface area contributed by atoms with Crippen LogP contribution in [0.1, 0.15) is 52.5 Å². The fraction of sp³-hybridized carbons (Fsp3) is 0.444. The third-order valence-corrected chi connectivity index (χ3v) is 4.69. The number of fused-ring (bicyclic) bond motifs is 1. The summed E-state index contributed by atoms with van der Waals surface area (Å²) in [7, 11) is 0. The van der Waals surface area contributed by atoms with Crippen molar-refractivity contribution in [2.75, 3.05) is 6.54 Å². The molecule has 2 heterocycles. The van der Waals surface area contributed by atoms with Crippen LogP contribution in [0.4, 0.5) is 0 Å². The van der Waals surface area contributed by atoms with E-state index in [1.807, 2.05) is 6.92 Å². The van der Waals surface area contributed by atoms with Gasteiger partial charge in [0.25, 0.3) is 11.8 Å². The first kappa shape index (κ1) is 17.1. The van der Waals surface area contributed by atoms with Gasteiger partial charge < -0.3 is 10.6 Å². The molecule has 0 aromatic heterocycles. The molecule has 25 heavy (non-hydrogen) atoms. The van der Waals surface area contributed by atoms with Crippen LogP contribution in [-0.2, 0) is 9.59 Å². The molecular formula is C18H21N3O4. The Morgan fingerprint density at radius 2 is 1.92 bits per heavy atom. The average molecular weight is 343 g/mol. The van der Waals surface area contributed by atoms with Gasteiger partial charge in [-0.1, -0.05) is 11.6 Å². The normalized spacial score (nSPS) is 21.4. The largest absolute Gasteiger partial charge is 0.354 e. The second-order valence-corrected chi connectivity index (χ2v) is 6.55. The van der Waals surface area contributed by atoms with Crippen LogP contribution in [0, 0.1) is 6.92 Å². The highest BCUT2D eigenvalue weighted by Gasteiger charge is 2.41. The zero-order valence-electron chi connectivity index (χ0n) is 14.3. The van der Waals surface area contributed by atoms with Crippen LogP contribution < -0.4 is 10.6 Å². The molecule has 7 heteroatoms. The van der Waals surface area contributed by atoms with Crippen LogP contribution in [0.3, 0.4) is 0 Å². The smallest absolute Gasteiger partial charge is 0.262 e. The minimum Gasteiger partial charge on any atom is -0.354 e. The molecule has 2 aliphatic heterocycles. The van der Waals surface area contributed by atoms with Gasteiger partial charge in [0.05, 0.1) is 11.1 Å². The van der Waals surface area contributed by atoms with E-state index >= 15 is 0 Å². The lowest BCUT2D eigenvalue weighted by Crippen LogP contribution is -2.53. The lowest BCUT2D eigenvalue weighted by Gasteiger charge is -2.24. The summed E-state index contributed by atoms with van der Waals surface area (Å²) in [5.41, 5.74) is 1.49. The first-order valence-electron chi connectivity index (χ1n) is 8.47. The van der Waals surface area contributed by atoms with E-state index in [2.05, 4.69) is 10.6 Å². The molecule has 0 bridgehead atoms. The molecule has 2 atom stereocenters. The summed E-state index contributed by atoms with van der Waals surface area (Å²) in [6, 6.07) is 3.40. The molecular weight excluding hydrogens is 322 g/mol. The standard InChI is InChI=1S/C18H21N3O4/c1-10-6-7-12-13(9-10)18(25)21(17(12)24)11(2)15(22)20-14-5-3-4-8-19-16(14)23/h6-7,9,11,14H,3-5,8H2,1-2H3,(H,19,23)(H,20,22)/t11-,14+/m0/s1. The molecule has 0 radical (unpaired) electrons. The summed E-state index contributed by atoms with van der Waals surface area (Å²) in [6.07, 6.45) is 2.24. The number of hydrogen-bond acceptors (Lipinski definition) is 4. The quantitative estimate of drug-likeness (QED) is 0.792. The Kier molecular flexibility index (Phi) is 4.57. The lowest BCUT2D eigenvalue weighted by molar-refractivity contribution is -0.130. The minimum atomic E-state index is -0.983. The van der Waals surface area contributed by atoms with Crippen LogP contribution in [-0.4, -0.2) is 47.2 Å². The molecule has 0 unspecified atom stereocenters. The fourth-order valence-corrected chi connectivity index (χ4v) is 3.21. The number of nitrogens with one attached hydrogen (secondary N) is 2. The van der Waals surface area contributed by atoms with Crippen molar-refractivity contribution >= 4 is 23.6 Å². The summed E-state index contributed by atoms with van der Waals surface area (Å²) in [4.78, 5) is 50.5. The maximum atomic E-state index is 12.6. The van der Waals surface area contributed by atoms with Gasteiger partial charge in [0.1, 0.15) is 12.1 Å². The van der Waals surface area contributed by atoms with Crippen LogP contribution in [0.5, 0.6) is 0 Å². The maximum absolute atomic E-state index is 12.6. The zero-order chi connectivity index (χ0) is 18.1. The number of carbonyl (C=O) groups excluding carboxylic acids is 4. The number of aryl methyl sites for hydroxylation is 1. The van der Waals surface area contributed by atoms with Crippen molar-refractivity contribution in [3.05, 3.63) is 34.9 Å².